The molecular formula is C57H68N16O6. The maximum Gasteiger partial charge on any atom is 0.410 e. The van der Waals surface area contributed by atoms with Gasteiger partial charge in [0.25, 0.3) is 11.8 Å². The zero-order chi connectivity index (χ0) is 56.2. The quantitative estimate of drug-likeness (QED) is 0.0960. The highest BCUT2D eigenvalue weighted by atomic mass is 16.6. The number of ketones is 2. The van der Waals surface area contributed by atoms with Crippen molar-refractivity contribution in [3.05, 3.63) is 132 Å². The minimum Gasteiger partial charge on any atom is -0.444 e. The third kappa shape index (κ3) is 14.0. The first-order valence-electron chi connectivity index (χ1n) is 26.4. The molecule has 1 amide bonds. The van der Waals surface area contributed by atoms with E-state index in [2.05, 4.69) is 79.7 Å². The van der Waals surface area contributed by atoms with Crippen LogP contribution in [-0.2, 0) is 42.8 Å². The van der Waals surface area contributed by atoms with Crippen molar-refractivity contribution in [2.45, 2.75) is 129 Å². The van der Waals surface area contributed by atoms with Crippen molar-refractivity contribution >= 4 is 40.9 Å². The Balaban J connectivity index is 0.000000195. The molecule has 0 bridgehead atoms. The van der Waals surface area contributed by atoms with Gasteiger partial charge in [-0.15, -0.1) is 20.4 Å². The van der Waals surface area contributed by atoms with Crippen LogP contribution >= 0.6 is 0 Å². The number of hydrogen-bond acceptors (Lipinski definition) is 19. The molecule has 6 aromatic heterocycles. The molecule has 79 heavy (non-hydrogen) atoms. The van der Waals surface area contributed by atoms with Crippen LogP contribution < -0.4 is 16.0 Å². The average Bonchev–Trinajstić information content (AvgIpc) is 4.29. The molecule has 0 aliphatic carbocycles. The topological polar surface area (TPSA) is 265 Å². The second kappa shape index (κ2) is 22.8. The van der Waals surface area contributed by atoms with Crippen LogP contribution in [-0.4, -0.2) is 101 Å². The number of hydrogen-bond donors (Lipinski definition) is 3. The van der Waals surface area contributed by atoms with Crippen molar-refractivity contribution in [1.29, 1.82) is 0 Å². The zero-order valence-corrected chi connectivity index (χ0v) is 46.7. The molecule has 2 aliphatic heterocycles. The Morgan fingerprint density at radius 1 is 0.658 bits per heavy atom. The molecule has 0 spiro atoms. The number of aryl methyl sites for hydroxylation is 2. The smallest absolute Gasteiger partial charge is 0.410 e. The number of ether oxygens (including phenoxy) is 1. The van der Waals surface area contributed by atoms with Crippen LogP contribution in [0.4, 0.5) is 28.1 Å². The van der Waals surface area contributed by atoms with Crippen molar-refractivity contribution in [1.82, 2.24) is 70.1 Å². The third-order valence-corrected chi connectivity index (χ3v) is 13.2. The fraction of sp³-hybridized carbons (Fsp3) is 0.421. The highest BCUT2D eigenvalue weighted by molar-refractivity contribution is 5.92. The summed E-state index contributed by atoms with van der Waals surface area (Å²) >= 11 is 0. The van der Waals surface area contributed by atoms with Gasteiger partial charge in [0.15, 0.2) is 0 Å². The number of carbonyl (C=O) groups is 3. The van der Waals surface area contributed by atoms with E-state index in [-0.39, 0.29) is 52.4 Å². The number of Topliss-reactive ketones (excluding diaryl/α,β-unsaturated/α-hetero) is 2. The fourth-order valence-electron chi connectivity index (χ4n) is 9.22. The Morgan fingerprint density at radius 3 is 1.62 bits per heavy atom. The molecule has 2 unspecified atom stereocenters. The van der Waals surface area contributed by atoms with E-state index in [9.17, 15) is 14.4 Å². The van der Waals surface area contributed by atoms with Crippen molar-refractivity contribution < 1.29 is 28.0 Å². The fourth-order valence-corrected chi connectivity index (χ4v) is 9.22. The van der Waals surface area contributed by atoms with E-state index in [1.807, 2.05) is 119 Å². The lowest BCUT2D eigenvalue weighted by Crippen LogP contribution is -2.36. The molecule has 0 fully saturated rings. The molecule has 8 heterocycles. The Bertz CT molecular complexity index is 3470. The SMILES string of the molecule is Cn1cc(Nc2nccc(-c3ccc4c(c3)CN(C(=O)OC(C)(C)C)CCC4CC(=O)c3nnc(C(C)(C)C)o3)n2)cn1.Cn1cc(Nc2nccc(-c3ccc4c(c3)CNCCC4CC(=O)c3nnc(C(C)(C)C)o3)n2)cn1. The largest absolute Gasteiger partial charge is 0.444 e. The summed E-state index contributed by atoms with van der Waals surface area (Å²) in [7, 11) is 3.70. The highest BCUT2D eigenvalue weighted by Gasteiger charge is 2.33. The number of aromatic nitrogens is 12. The monoisotopic (exact) mass is 1070 g/mol. The standard InChI is InChI=1S/C31H38N8O4.C26H30N8O2/c1-30(2,3)27-37-36-26(42-27)25(40)15-19-11-13-39(29(41)43-31(4,5)6)17-21-14-20(8-9-23(19)21)24-10-12-32-28(35-24)34-22-16-33-38(7)18-22;1-26(2,3)24-33-32-23(36-24)22(35)12-16-7-9-27-13-18-11-17(5-6-20(16)18)21-8-10-28-25(31-21)30-19-14-29-34(4)15-19/h8-10,12,14,16,18-19H,11,13,15,17H2,1-7H3,(H,32,34,35);5-6,8,10-11,14-16,27H,7,9,12-13H2,1-4H3,(H,28,30,31). The number of fused-ring (bicyclic) bond motifs is 2. The van der Waals surface area contributed by atoms with Crippen molar-refractivity contribution in [3.8, 4) is 22.5 Å². The molecule has 0 saturated heterocycles. The van der Waals surface area contributed by atoms with Gasteiger partial charge in [-0.05, 0) is 98.5 Å². The number of amides is 1. The van der Waals surface area contributed by atoms with Gasteiger partial charge >= 0.3 is 6.09 Å². The lowest BCUT2D eigenvalue weighted by molar-refractivity contribution is 0.0234. The van der Waals surface area contributed by atoms with Crippen LogP contribution in [0.2, 0.25) is 0 Å². The number of rotatable bonds is 12. The van der Waals surface area contributed by atoms with Gasteiger partial charge in [0.1, 0.15) is 5.60 Å². The first-order chi connectivity index (χ1) is 37.5. The van der Waals surface area contributed by atoms with E-state index in [1.165, 1.54) is 0 Å². The minimum absolute atomic E-state index is 0.00553. The summed E-state index contributed by atoms with van der Waals surface area (Å²) in [5.41, 5.74) is 7.91. The minimum atomic E-state index is -0.634. The van der Waals surface area contributed by atoms with Gasteiger partial charge in [0.05, 0.1) is 35.2 Å². The molecule has 8 aromatic rings. The second-order valence-electron chi connectivity index (χ2n) is 23.0. The molecule has 2 aromatic carbocycles. The van der Waals surface area contributed by atoms with Gasteiger partial charge in [-0.3, -0.25) is 19.0 Å². The van der Waals surface area contributed by atoms with Gasteiger partial charge < -0.3 is 34.4 Å². The molecule has 2 aliphatic rings. The first kappa shape index (κ1) is 55.2. The predicted molar refractivity (Wildman–Crippen MR) is 295 cm³/mol. The van der Waals surface area contributed by atoms with E-state index < -0.39 is 11.7 Å². The van der Waals surface area contributed by atoms with Crippen LogP contribution in [0, 0.1) is 0 Å². The normalized spacial score (nSPS) is 15.7. The maximum absolute atomic E-state index is 13.3. The van der Waals surface area contributed by atoms with Crippen molar-refractivity contribution in [3.63, 3.8) is 0 Å². The number of nitrogens with one attached hydrogen (secondary N) is 3. The Labute approximate surface area is 458 Å². The molecule has 10 rings (SSSR count). The Morgan fingerprint density at radius 2 is 1.15 bits per heavy atom. The summed E-state index contributed by atoms with van der Waals surface area (Å²) in [5.74, 6) is 1.48. The van der Waals surface area contributed by atoms with E-state index in [1.54, 1.807) is 39.1 Å². The van der Waals surface area contributed by atoms with E-state index in [4.69, 9.17) is 18.6 Å². The molecular weight excluding hydrogens is 1000 g/mol. The lowest BCUT2D eigenvalue weighted by Gasteiger charge is -2.26. The van der Waals surface area contributed by atoms with Gasteiger partial charge in [-0.1, -0.05) is 65.8 Å². The summed E-state index contributed by atoms with van der Waals surface area (Å²) in [6.07, 6.45) is 12.1. The molecule has 3 N–H and O–H groups in total. The summed E-state index contributed by atoms with van der Waals surface area (Å²) in [6.45, 7) is 19.7. The van der Waals surface area contributed by atoms with Crippen molar-refractivity contribution in [2.24, 2.45) is 14.1 Å². The predicted octanol–water partition coefficient (Wildman–Crippen LogP) is 9.95. The lowest BCUT2D eigenvalue weighted by atomic mass is 9.87. The van der Waals surface area contributed by atoms with E-state index in [0.29, 0.717) is 55.3 Å². The van der Waals surface area contributed by atoms with Crippen LogP contribution in [0.25, 0.3) is 22.5 Å². The second-order valence-corrected chi connectivity index (χ2v) is 23.0. The van der Waals surface area contributed by atoms with Crippen LogP contribution in [0.5, 0.6) is 0 Å². The molecule has 0 saturated carbocycles. The van der Waals surface area contributed by atoms with Crippen LogP contribution in [0.15, 0.2) is 94.5 Å². The first-order valence-corrected chi connectivity index (χ1v) is 26.4. The maximum atomic E-state index is 13.3. The summed E-state index contributed by atoms with van der Waals surface area (Å²) < 4.78 is 20.5. The highest BCUT2D eigenvalue weighted by Crippen LogP contribution is 2.37. The average molecular weight is 1070 g/mol. The molecule has 0 radical (unpaired) electrons. The Hall–Kier alpha value is -8.53. The zero-order valence-electron chi connectivity index (χ0n) is 46.7. The van der Waals surface area contributed by atoms with Crippen LogP contribution in [0.1, 0.15) is 155 Å². The molecule has 22 heteroatoms. The van der Waals surface area contributed by atoms with Gasteiger partial charge in [-0.2, -0.15) is 10.2 Å². The number of benzene rings is 2. The number of nitrogens with zero attached hydrogens (tertiary/aromatic N) is 13. The number of anilines is 4. The third-order valence-electron chi connectivity index (χ3n) is 13.2. The van der Waals surface area contributed by atoms with Crippen LogP contribution in [0.3, 0.4) is 0 Å². The summed E-state index contributed by atoms with van der Waals surface area (Å²) in [4.78, 5) is 59.3. The van der Waals surface area contributed by atoms with Gasteiger partial charge in [-0.25, -0.2) is 24.7 Å². The molecule has 412 valence electrons. The van der Waals surface area contributed by atoms with Crippen molar-refractivity contribution in [2.75, 3.05) is 23.7 Å². The van der Waals surface area contributed by atoms with E-state index >= 15 is 0 Å². The Kier molecular flexibility index (Phi) is 16.0. The molecule has 22 nitrogen and oxygen atoms in total. The van der Waals surface area contributed by atoms with Gasteiger partial charge in [0, 0.05) is 93.3 Å². The number of carbonyl (C=O) groups excluding carboxylic acids is 3. The summed E-state index contributed by atoms with van der Waals surface area (Å²) in [5, 5.41) is 34.4. The van der Waals surface area contributed by atoms with E-state index in [0.717, 1.165) is 70.0 Å². The van der Waals surface area contributed by atoms with Gasteiger partial charge in [0.2, 0.25) is 35.2 Å². The molecule has 2 atom stereocenters. The summed E-state index contributed by atoms with van der Waals surface area (Å²) in [6, 6.07) is 16.1.